The van der Waals surface area contributed by atoms with Gasteiger partial charge in [0.05, 0.1) is 0 Å². The molecule has 1 unspecified atom stereocenters. The van der Waals surface area contributed by atoms with E-state index in [0.717, 1.165) is 4.90 Å². The summed E-state index contributed by atoms with van der Waals surface area (Å²) >= 11 is 0. The lowest BCUT2D eigenvalue weighted by molar-refractivity contribution is -0.124. The van der Waals surface area contributed by atoms with Crippen molar-refractivity contribution in [2.24, 2.45) is 4.99 Å². The molecule has 0 bridgehead atoms. The minimum atomic E-state index is -0.760. The molecule has 2 aliphatic heterocycles. The fourth-order valence-corrected chi connectivity index (χ4v) is 2.44. The van der Waals surface area contributed by atoms with Crippen molar-refractivity contribution >= 4 is 17.6 Å². The van der Waals surface area contributed by atoms with Crippen LogP contribution in [0.2, 0.25) is 0 Å². The van der Waals surface area contributed by atoms with Gasteiger partial charge in [-0.25, -0.2) is 4.79 Å². The molecule has 0 radical (unpaired) electrons. The highest BCUT2D eigenvalue weighted by Crippen LogP contribution is 2.38. The van der Waals surface area contributed by atoms with Crippen LogP contribution in [0.15, 0.2) is 4.99 Å². The molecule has 17 heavy (non-hydrogen) atoms. The van der Waals surface area contributed by atoms with Crippen LogP contribution in [0.3, 0.4) is 0 Å². The number of urea groups is 1. The molecule has 0 aromatic heterocycles. The number of nitrogens with zero attached hydrogens (tertiary/aromatic N) is 4. The van der Waals surface area contributed by atoms with E-state index in [9.17, 15) is 9.59 Å². The highest BCUT2D eigenvalue weighted by molar-refractivity contribution is 6.46. The van der Waals surface area contributed by atoms with E-state index in [1.807, 2.05) is 32.7 Å². The molecule has 1 fully saturated rings. The molecule has 0 spiro atoms. The smallest absolute Gasteiger partial charge is 0.303 e. The Balaban J connectivity index is 2.61. The maximum atomic E-state index is 12.1. The van der Waals surface area contributed by atoms with E-state index < -0.39 is 11.3 Å². The first-order valence-corrected chi connectivity index (χ1v) is 5.54. The molecule has 0 N–H and O–H groups in total. The maximum absolute atomic E-state index is 12.1. The van der Waals surface area contributed by atoms with Gasteiger partial charge in [-0.3, -0.25) is 19.6 Å². The van der Waals surface area contributed by atoms with E-state index in [4.69, 9.17) is 0 Å². The third-order valence-corrected chi connectivity index (χ3v) is 4.04. The molecule has 0 saturated carbocycles. The normalized spacial score (nSPS) is 32.9. The van der Waals surface area contributed by atoms with E-state index in [2.05, 4.69) is 4.99 Å². The maximum Gasteiger partial charge on any atom is 0.328 e. The summed E-state index contributed by atoms with van der Waals surface area (Å²) in [5.41, 5.74) is -0.821. The van der Waals surface area contributed by atoms with Crippen LogP contribution in [0.4, 0.5) is 4.79 Å². The molecule has 2 aliphatic rings. The largest absolute Gasteiger partial charge is 0.328 e. The van der Waals surface area contributed by atoms with Crippen LogP contribution >= 0.6 is 0 Å². The molecular formula is C11H18N4O2. The predicted octanol–water partition coefficient (Wildman–Crippen LogP) is 0.349. The van der Waals surface area contributed by atoms with Crippen LogP contribution in [0.25, 0.3) is 0 Å². The minimum absolute atomic E-state index is 0.305. The lowest BCUT2D eigenvalue weighted by Gasteiger charge is -2.48. The summed E-state index contributed by atoms with van der Waals surface area (Å²) in [4.78, 5) is 33.2. The molecule has 3 amide bonds. The molecule has 2 heterocycles. The summed E-state index contributed by atoms with van der Waals surface area (Å²) in [5, 5.41) is 0. The third-order valence-electron chi connectivity index (χ3n) is 4.04. The Hall–Kier alpha value is -1.43. The lowest BCUT2D eigenvalue weighted by Crippen LogP contribution is -2.70. The van der Waals surface area contributed by atoms with Crippen molar-refractivity contribution in [3.63, 3.8) is 0 Å². The number of hydrogen-bond acceptors (Lipinski definition) is 4. The Kier molecular flexibility index (Phi) is 2.17. The second kappa shape index (κ2) is 3.07. The number of carbonyl (C=O) groups excluding carboxylic acids is 2. The Morgan fingerprint density at radius 2 is 1.59 bits per heavy atom. The zero-order valence-electron chi connectivity index (χ0n) is 11.1. The molecule has 0 aromatic carbocycles. The second-order valence-electron chi connectivity index (χ2n) is 5.24. The van der Waals surface area contributed by atoms with E-state index in [0.29, 0.717) is 5.71 Å². The predicted molar refractivity (Wildman–Crippen MR) is 63.6 cm³/mol. The fourth-order valence-electron chi connectivity index (χ4n) is 2.44. The SMILES string of the molecule is CN1C(=O)C2=NC(C)(C)N(C)C2(C)N(C)C1=O. The van der Waals surface area contributed by atoms with Crippen molar-refractivity contribution in [2.75, 3.05) is 21.1 Å². The molecule has 6 heteroatoms. The zero-order valence-corrected chi connectivity index (χ0v) is 11.1. The summed E-state index contributed by atoms with van der Waals surface area (Å²) < 4.78 is 0. The van der Waals surface area contributed by atoms with Gasteiger partial charge in [-0.1, -0.05) is 0 Å². The first-order chi connectivity index (χ1) is 7.64. The quantitative estimate of drug-likeness (QED) is 0.612. The van der Waals surface area contributed by atoms with Crippen LogP contribution in [0.1, 0.15) is 20.8 Å². The van der Waals surface area contributed by atoms with Gasteiger partial charge in [-0.05, 0) is 27.8 Å². The topological polar surface area (TPSA) is 56.2 Å². The van der Waals surface area contributed by atoms with Crippen molar-refractivity contribution in [3.8, 4) is 0 Å². The van der Waals surface area contributed by atoms with Gasteiger partial charge in [0.15, 0.2) is 0 Å². The Bertz CT molecular complexity index is 443. The minimum Gasteiger partial charge on any atom is -0.303 e. The van der Waals surface area contributed by atoms with E-state index in [-0.39, 0.29) is 11.9 Å². The number of rotatable bonds is 0. The summed E-state index contributed by atoms with van der Waals surface area (Å²) in [7, 11) is 5.05. The first-order valence-electron chi connectivity index (χ1n) is 5.54. The number of hydrogen-bond donors (Lipinski definition) is 0. The molecule has 1 atom stereocenters. The number of carbonyl (C=O) groups is 2. The van der Waals surface area contributed by atoms with Gasteiger partial charge in [0.2, 0.25) is 0 Å². The second-order valence-corrected chi connectivity index (χ2v) is 5.24. The third kappa shape index (κ3) is 1.21. The summed E-state index contributed by atoms with van der Waals surface area (Å²) in [5.74, 6) is -0.312. The number of fused-ring (bicyclic) bond motifs is 1. The Morgan fingerprint density at radius 3 is 2.12 bits per heavy atom. The highest BCUT2D eigenvalue weighted by atomic mass is 16.2. The molecule has 2 rings (SSSR count). The Morgan fingerprint density at radius 1 is 1.06 bits per heavy atom. The van der Waals surface area contributed by atoms with Crippen molar-refractivity contribution in [1.82, 2.24) is 14.7 Å². The van der Waals surface area contributed by atoms with Gasteiger partial charge in [-0.15, -0.1) is 0 Å². The van der Waals surface area contributed by atoms with Crippen LogP contribution in [0.5, 0.6) is 0 Å². The number of imide groups is 1. The van der Waals surface area contributed by atoms with Gasteiger partial charge in [0, 0.05) is 14.1 Å². The summed E-state index contributed by atoms with van der Waals surface area (Å²) in [6.45, 7) is 5.70. The first kappa shape index (κ1) is 12.0. The van der Waals surface area contributed by atoms with Crippen LogP contribution in [-0.4, -0.2) is 64.8 Å². The van der Waals surface area contributed by atoms with Gasteiger partial charge in [-0.2, -0.15) is 0 Å². The molecule has 94 valence electrons. The Labute approximate surface area is 101 Å². The summed E-state index contributed by atoms with van der Waals surface area (Å²) in [6, 6.07) is -0.305. The van der Waals surface area contributed by atoms with E-state index >= 15 is 0 Å². The lowest BCUT2D eigenvalue weighted by atomic mass is 9.99. The van der Waals surface area contributed by atoms with Gasteiger partial charge in [0.1, 0.15) is 17.0 Å². The number of aliphatic imine (C=N–C) groups is 1. The average Bonchev–Trinajstić information content (AvgIpc) is 2.46. The van der Waals surface area contributed by atoms with Crippen LogP contribution < -0.4 is 0 Å². The fraction of sp³-hybridized carbons (Fsp3) is 0.727. The van der Waals surface area contributed by atoms with Crippen molar-refractivity contribution in [1.29, 1.82) is 0 Å². The number of amides is 3. The molecule has 1 saturated heterocycles. The van der Waals surface area contributed by atoms with Crippen molar-refractivity contribution in [2.45, 2.75) is 32.1 Å². The van der Waals surface area contributed by atoms with E-state index in [1.54, 1.807) is 11.9 Å². The van der Waals surface area contributed by atoms with Gasteiger partial charge in [0.25, 0.3) is 5.91 Å². The molecule has 0 aliphatic carbocycles. The van der Waals surface area contributed by atoms with E-state index in [1.165, 1.54) is 7.05 Å². The van der Waals surface area contributed by atoms with Gasteiger partial charge >= 0.3 is 6.03 Å². The summed E-state index contributed by atoms with van der Waals surface area (Å²) in [6.07, 6.45) is 0. The van der Waals surface area contributed by atoms with Gasteiger partial charge < -0.3 is 4.90 Å². The van der Waals surface area contributed by atoms with Crippen molar-refractivity contribution in [3.05, 3.63) is 0 Å². The molecule has 0 aromatic rings. The van der Waals surface area contributed by atoms with Crippen LogP contribution in [-0.2, 0) is 4.79 Å². The molecular weight excluding hydrogens is 220 g/mol. The average molecular weight is 238 g/mol. The monoisotopic (exact) mass is 238 g/mol. The standard InChI is InChI=1S/C11H18N4O2/c1-10(2)12-7-8(16)13(4)9(17)14(5)11(7,3)15(10)6/h1-6H3. The molecule has 6 nitrogen and oxygen atoms in total. The highest BCUT2D eigenvalue weighted by Gasteiger charge is 2.58. The zero-order chi connectivity index (χ0) is 13.2. The van der Waals surface area contributed by atoms with Crippen LogP contribution in [0, 0.1) is 0 Å². The van der Waals surface area contributed by atoms with Crippen molar-refractivity contribution < 1.29 is 9.59 Å².